The average Bonchev–Trinajstić information content (AvgIpc) is 3.29. The topological polar surface area (TPSA) is 69.3 Å². The fraction of sp³-hybridized carbons (Fsp3) is 0.143. The number of nitrogens with zero attached hydrogens (tertiary/aromatic N) is 2. The summed E-state index contributed by atoms with van der Waals surface area (Å²) < 4.78 is 12.8. The van der Waals surface area contributed by atoms with Crippen molar-refractivity contribution in [3.05, 3.63) is 82.7 Å². The minimum absolute atomic E-state index is 0.238. The zero-order valence-electron chi connectivity index (χ0n) is 15.2. The normalized spacial score (nSPS) is 11.1. The molecule has 2 aromatic heterocycles. The summed E-state index contributed by atoms with van der Waals surface area (Å²) in [5, 5.41) is 8.72. The number of amides is 1. The maximum Gasteiger partial charge on any atom is 0.292 e. The highest BCUT2D eigenvalue weighted by atomic mass is 35.5. The van der Waals surface area contributed by atoms with E-state index in [0.29, 0.717) is 23.0 Å². The molecule has 0 aliphatic heterocycles. The van der Waals surface area contributed by atoms with Crippen molar-refractivity contribution in [1.82, 2.24) is 9.78 Å². The van der Waals surface area contributed by atoms with Gasteiger partial charge in [-0.05, 0) is 23.8 Å². The van der Waals surface area contributed by atoms with Gasteiger partial charge in [0, 0.05) is 29.1 Å². The van der Waals surface area contributed by atoms with Gasteiger partial charge in [-0.15, -0.1) is 0 Å². The number of methoxy groups -OCH3 is 1. The van der Waals surface area contributed by atoms with Crippen LogP contribution in [0.3, 0.4) is 0 Å². The lowest BCUT2D eigenvalue weighted by atomic mass is 10.1. The Hall–Kier alpha value is -3.09. The Morgan fingerprint density at radius 1 is 1.18 bits per heavy atom. The predicted molar refractivity (Wildman–Crippen MR) is 108 cm³/mol. The van der Waals surface area contributed by atoms with E-state index >= 15 is 0 Å². The molecule has 0 saturated carbocycles. The minimum Gasteiger partial charge on any atom is -0.451 e. The molecule has 4 rings (SSSR count). The number of carbonyl (C=O) groups is 1. The molecule has 0 bridgehead atoms. The smallest absolute Gasteiger partial charge is 0.292 e. The first-order valence-corrected chi connectivity index (χ1v) is 9.10. The number of hydrogen-bond donors (Lipinski definition) is 1. The van der Waals surface area contributed by atoms with Crippen LogP contribution < -0.4 is 5.32 Å². The molecule has 7 heteroatoms. The molecule has 4 aromatic rings. The van der Waals surface area contributed by atoms with Crippen LogP contribution in [-0.2, 0) is 17.9 Å². The number of para-hydroxylation sites is 1. The highest BCUT2D eigenvalue weighted by molar-refractivity contribution is 6.30. The number of hydrogen-bond acceptors (Lipinski definition) is 4. The zero-order valence-corrected chi connectivity index (χ0v) is 15.9. The SMILES string of the molecule is COCc1c(C(=O)Nc2ccnn2Cc2ccc(Cl)cc2)oc2ccccc12. The first-order valence-electron chi connectivity index (χ1n) is 8.72. The van der Waals surface area contributed by atoms with E-state index in [2.05, 4.69) is 10.4 Å². The third-order valence-corrected chi connectivity index (χ3v) is 4.65. The zero-order chi connectivity index (χ0) is 19.5. The molecule has 2 heterocycles. The second kappa shape index (κ2) is 7.88. The lowest BCUT2D eigenvalue weighted by Gasteiger charge is -2.09. The van der Waals surface area contributed by atoms with Crippen molar-refractivity contribution in [3.8, 4) is 0 Å². The molecule has 0 aliphatic rings. The van der Waals surface area contributed by atoms with Crippen LogP contribution in [0, 0.1) is 0 Å². The summed E-state index contributed by atoms with van der Waals surface area (Å²) in [6.45, 7) is 0.786. The third kappa shape index (κ3) is 3.65. The summed E-state index contributed by atoms with van der Waals surface area (Å²) in [5.41, 5.74) is 2.39. The van der Waals surface area contributed by atoms with E-state index < -0.39 is 0 Å². The van der Waals surface area contributed by atoms with Gasteiger partial charge in [0.25, 0.3) is 5.91 Å². The second-order valence-electron chi connectivity index (χ2n) is 6.29. The number of carbonyl (C=O) groups excluding carboxylic acids is 1. The number of aromatic nitrogens is 2. The Kier molecular flexibility index (Phi) is 5.14. The second-order valence-corrected chi connectivity index (χ2v) is 6.73. The van der Waals surface area contributed by atoms with E-state index in [-0.39, 0.29) is 18.3 Å². The van der Waals surface area contributed by atoms with Crippen LogP contribution in [0.2, 0.25) is 5.02 Å². The van der Waals surface area contributed by atoms with Crippen molar-refractivity contribution in [2.24, 2.45) is 0 Å². The Morgan fingerprint density at radius 3 is 2.75 bits per heavy atom. The van der Waals surface area contributed by atoms with Gasteiger partial charge in [-0.25, -0.2) is 4.68 Å². The molecule has 0 unspecified atom stereocenters. The van der Waals surface area contributed by atoms with Crippen LogP contribution in [0.1, 0.15) is 21.7 Å². The standard InChI is InChI=1S/C21H18ClN3O3/c1-27-13-17-16-4-2-3-5-18(16)28-20(17)21(26)24-19-10-11-23-25(19)12-14-6-8-15(22)9-7-14/h2-11H,12-13H2,1H3,(H,24,26). The molecule has 28 heavy (non-hydrogen) atoms. The Labute approximate surface area is 166 Å². The Balaban J connectivity index is 1.60. The summed E-state index contributed by atoms with van der Waals surface area (Å²) in [5.74, 6) is 0.465. The molecule has 0 aliphatic carbocycles. The number of fused-ring (bicyclic) bond motifs is 1. The van der Waals surface area contributed by atoms with Gasteiger partial charge in [-0.3, -0.25) is 4.79 Å². The van der Waals surface area contributed by atoms with Gasteiger partial charge < -0.3 is 14.5 Å². The molecule has 6 nitrogen and oxygen atoms in total. The van der Waals surface area contributed by atoms with Crippen LogP contribution in [0.5, 0.6) is 0 Å². The molecular weight excluding hydrogens is 378 g/mol. The monoisotopic (exact) mass is 395 g/mol. The molecule has 142 valence electrons. The quantitative estimate of drug-likeness (QED) is 0.512. The first kappa shape index (κ1) is 18.3. The van der Waals surface area contributed by atoms with Crippen LogP contribution in [0.15, 0.2) is 65.2 Å². The maximum absolute atomic E-state index is 12.9. The molecular formula is C21H18ClN3O3. The van der Waals surface area contributed by atoms with Crippen LogP contribution in [0.25, 0.3) is 11.0 Å². The van der Waals surface area contributed by atoms with E-state index in [1.165, 1.54) is 0 Å². The van der Waals surface area contributed by atoms with Crippen molar-refractivity contribution in [3.63, 3.8) is 0 Å². The number of furan rings is 1. The fourth-order valence-corrected chi connectivity index (χ4v) is 3.20. The molecule has 0 saturated heterocycles. The van der Waals surface area contributed by atoms with Gasteiger partial charge in [0.2, 0.25) is 0 Å². The number of halogens is 1. The van der Waals surface area contributed by atoms with Crippen LogP contribution >= 0.6 is 11.6 Å². The molecule has 1 amide bonds. The lowest BCUT2D eigenvalue weighted by Crippen LogP contribution is -2.17. The van der Waals surface area contributed by atoms with E-state index in [4.69, 9.17) is 20.8 Å². The summed E-state index contributed by atoms with van der Waals surface area (Å²) in [7, 11) is 1.59. The summed E-state index contributed by atoms with van der Waals surface area (Å²) in [6, 6.07) is 16.7. The third-order valence-electron chi connectivity index (χ3n) is 4.40. The summed E-state index contributed by atoms with van der Waals surface area (Å²) in [6.07, 6.45) is 1.64. The van der Waals surface area contributed by atoms with Crippen molar-refractivity contribution < 1.29 is 13.9 Å². The number of benzene rings is 2. The molecule has 0 fully saturated rings. The Morgan fingerprint density at radius 2 is 1.96 bits per heavy atom. The van der Waals surface area contributed by atoms with Crippen molar-refractivity contribution in [2.75, 3.05) is 12.4 Å². The molecule has 0 spiro atoms. The van der Waals surface area contributed by atoms with Gasteiger partial charge in [0.15, 0.2) is 5.76 Å². The van der Waals surface area contributed by atoms with Gasteiger partial charge in [-0.1, -0.05) is 41.9 Å². The van der Waals surface area contributed by atoms with Gasteiger partial charge in [0.1, 0.15) is 11.4 Å². The summed E-state index contributed by atoms with van der Waals surface area (Å²) >= 11 is 5.94. The number of ether oxygens (including phenoxy) is 1. The fourth-order valence-electron chi connectivity index (χ4n) is 3.07. The van der Waals surface area contributed by atoms with Crippen molar-refractivity contribution >= 4 is 34.3 Å². The Bertz CT molecular complexity index is 1120. The number of rotatable bonds is 6. The van der Waals surface area contributed by atoms with E-state index in [0.717, 1.165) is 16.5 Å². The molecule has 0 radical (unpaired) electrons. The van der Waals surface area contributed by atoms with E-state index in [9.17, 15) is 4.79 Å². The van der Waals surface area contributed by atoms with E-state index in [1.807, 2.05) is 48.5 Å². The molecule has 1 N–H and O–H groups in total. The number of anilines is 1. The van der Waals surface area contributed by atoms with Crippen LogP contribution in [0.4, 0.5) is 5.82 Å². The van der Waals surface area contributed by atoms with Gasteiger partial charge in [0.05, 0.1) is 19.3 Å². The minimum atomic E-state index is -0.346. The predicted octanol–water partition coefficient (Wildman–Crippen LogP) is 4.73. The maximum atomic E-state index is 12.9. The van der Waals surface area contributed by atoms with Gasteiger partial charge >= 0.3 is 0 Å². The van der Waals surface area contributed by atoms with Crippen molar-refractivity contribution in [2.45, 2.75) is 13.2 Å². The lowest BCUT2D eigenvalue weighted by molar-refractivity contribution is 0.0991. The molecule has 2 aromatic carbocycles. The highest BCUT2D eigenvalue weighted by Crippen LogP contribution is 2.27. The average molecular weight is 396 g/mol. The molecule has 0 atom stereocenters. The van der Waals surface area contributed by atoms with Crippen LogP contribution in [-0.4, -0.2) is 22.8 Å². The van der Waals surface area contributed by atoms with Crippen molar-refractivity contribution in [1.29, 1.82) is 0 Å². The van der Waals surface area contributed by atoms with Gasteiger partial charge in [-0.2, -0.15) is 5.10 Å². The highest BCUT2D eigenvalue weighted by Gasteiger charge is 2.21. The largest absolute Gasteiger partial charge is 0.451 e. The summed E-state index contributed by atoms with van der Waals surface area (Å²) in [4.78, 5) is 12.9. The number of nitrogens with one attached hydrogen (secondary N) is 1. The van der Waals surface area contributed by atoms with E-state index in [1.54, 1.807) is 24.1 Å². The first-order chi connectivity index (χ1) is 13.7.